The van der Waals surface area contributed by atoms with Gasteiger partial charge in [-0.2, -0.15) is 4.31 Å². The van der Waals surface area contributed by atoms with Crippen molar-refractivity contribution in [3.8, 4) is 5.75 Å². The van der Waals surface area contributed by atoms with E-state index >= 15 is 0 Å². The molecule has 0 heterocycles. The van der Waals surface area contributed by atoms with Crippen LogP contribution >= 0.6 is 15.9 Å². The van der Waals surface area contributed by atoms with E-state index in [1.54, 1.807) is 26.2 Å². The smallest absolute Gasteiger partial charge is 0.243 e. The summed E-state index contributed by atoms with van der Waals surface area (Å²) in [7, 11) is -2.37. The monoisotopic (exact) mass is 544 g/mol. The Morgan fingerprint density at radius 2 is 1.79 bits per heavy atom. The Kier molecular flexibility index (Phi) is 8.88. The number of hydrogen-bond donors (Lipinski definition) is 1. The van der Waals surface area contributed by atoms with E-state index in [1.807, 2.05) is 61.5 Å². The van der Waals surface area contributed by atoms with Crippen LogP contribution in [0.15, 0.2) is 82.2 Å². The molecule has 0 bridgehead atoms. The molecule has 6 nitrogen and oxygen atoms in total. The van der Waals surface area contributed by atoms with Crippen molar-refractivity contribution in [2.45, 2.75) is 31.2 Å². The van der Waals surface area contributed by atoms with E-state index in [4.69, 9.17) is 4.74 Å². The predicted molar refractivity (Wildman–Crippen MR) is 137 cm³/mol. The van der Waals surface area contributed by atoms with Crippen molar-refractivity contribution < 1.29 is 17.9 Å². The van der Waals surface area contributed by atoms with Gasteiger partial charge in [0.2, 0.25) is 15.9 Å². The number of aryl methyl sites for hydroxylation is 1. The molecule has 0 unspecified atom stereocenters. The molecule has 0 aliphatic rings. The first-order valence-electron chi connectivity index (χ1n) is 10.9. The first kappa shape index (κ1) is 25.9. The molecular weight excluding hydrogens is 516 g/mol. The van der Waals surface area contributed by atoms with Gasteiger partial charge in [-0.25, -0.2) is 8.42 Å². The highest BCUT2D eigenvalue weighted by atomic mass is 79.9. The maximum Gasteiger partial charge on any atom is 0.243 e. The molecule has 0 fully saturated rings. The molecule has 3 aromatic rings. The van der Waals surface area contributed by atoms with Gasteiger partial charge in [0, 0.05) is 11.0 Å². The van der Waals surface area contributed by atoms with Gasteiger partial charge in [0.05, 0.1) is 24.6 Å². The van der Waals surface area contributed by atoms with Crippen LogP contribution in [0.3, 0.4) is 0 Å². The van der Waals surface area contributed by atoms with Crippen LogP contribution in [-0.4, -0.2) is 38.8 Å². The minimum absolute atomic E-state index is 0.131. The third kappa shape index (κ3) is 6.68. The van der Waals surface area contributed by atoms with Crippen molar-refractivity contribution in [1.29, 1.82) is 0 Å². The minimum Gasteiger partial charge on any atom is -0.496 e. The summed E-state index contributed by atoms with van der Waals surface area (Å²) in [6.45, 7) is 3.56. The largest absolute Gasteiger partial charge is 0.496 e. The summed E-state index contributed by atoms with van der Waals surface area (Å²) < 4.78 is 34.5. The predicted octanol–water partition coefficient (Wildman–Crippen LogP) is 4.88. The molecule has 3 rings (SSSR count). The number of nitrogens with one attached hydrogen (secondary N) is 1. The molecule has 0 saturated carbocycles. The van der Waals surface area contributed by atoms with Gasteiger partial charge in [-0.3, -0.25) is 4.79 Å². The molecule has 0 saturated heterocycles. The number of nitrogens with zero attached hydrogens (tertiary/aromatic N) is 1. The number of ether oxygens (including phenoxy) is 1. The molecule has 8 heteroatoms. The number of sulfonamides is 1. The van der Waals surface area contributed by atoms with Crippen LogP contribution in [0, 0.1) is 6.92 Å². The van der Waals surface area contributed by atoms with Gasteiger partial charge in [0.15, 0.2) is 0 Å². The van der Waals surface area contributed by atoms with Gasteiger partial charge in [0.25, 0.3) is 0 Å². The van der Waals surface area contributed by atoms with E-state index in [9.17, 15) is 13.2 Å². The number of benzene rings is 3. The number of rotatable bonds is 10. The van der Waals surface area contributed by atoms with E-state index in [-0.39, 0.29) is 29.9 Å². The van der Waals surface area contributed by atoms with E-state index in [1.165, 1.54) is 10.4 Å². The van der Waals surface area contributed by atoms with Crippen molar-refractivity contribution >= 4 is 31.9 Å². The van der Waals surface area contributed by atoms with E-state index in [0.29, 0.717) is 17.7 Å². The van der Waals surface area contributed by atoms with Crippen LogP contribution in [0.4, 0.5) is 0 Å². The van der Waals surface area contributed by atoms with Gasteiger partial charge in [-0.15, -0.1) is 0 Å². The average molecular weight is 545 g/mol. The van der Waals surface area contributed by atoms with Gasteiger partial charge in [-0.1, -0.05) is 58.4 Å². The topological polar surface area (TPSA) is 75.7 Å². The maximum absolute atomic E-state index is 13.5. The second kappa shape index (κ2) is 11.6. The summed E-state index contributed by atoms with van der Waals surface area (Å²) in [5, 5.41) is 2.92. The van der Waals surface area contributed by atoms with Crippen LogP contribution < -0.4 is 10.1 Å². The number of methoxy groups -OCH3 is 1. The number of carbonyl (C=O) groups excluding carboxylic acids is 1. The second-order valence-electron chi connectivity index (χ2n) is 8.05. The van der Waals surface area contributed by atoms with Gasteiger partial charge >= 0.3 is 0 Å². The lowest BCUT2D eigenvalue weighted by atomic mass is 10.1. The number of amides is 1. The SMILES string of the molecule is COc1ccc(S(=O)(=O)N(CCc2ccccc2)CC(=O)N[C@@H](C)c2cccc(Br)c2)cc1C. The molecule has 1 N–H and O–H groups in total. The molecule has 180 valence electrons. The third-order valence-corrected chi connectivity index (χ3v) is 7.88. The Balaban J connectivity index is 1.82. The summed E-state index contributed by atoms with van der Waals surface area (Å²) >= 11 is 3.44. The van der Waals surface area contributed by atoms with E-state index in [2.05, 4.69) is 21.2 Å². The van der Waals surface area contributed by atoms with Crippen molar-refractivity contribution in [1.82, 2.24) is 9.62 Å². The van der Waals surface area contributed by atoms with Crippen molar-refractivity contribution in [2.24, 2.45) is 0 Å². The normalized spacial score (nSPS) is 12.4. The molecule has 3 aromatic carbocycles. The highest BCUT2D eigenvalue weighted by molar-refractivity contribution is 9.10. The lowest BCUT2D eigenvalue weighted by Gasteiger charge is -2.24. The van der Waals surface area contributed by atoms with Gasteiger partial charge in [0.1, 0.15) is 5.75 Å². The average Bonchev–Trinajstić information content (AvgIpc) is 2.82. The highest BCUT2D eigenvalue weighted by Gasteiger charge is 2.27. The molecule has 1 amide bonds. The van der Waals surface area contributed by atoms with E-state index in [0.717, 1.165) is 15.6 Å². The Morgan fingerprint density at radius 3 is 2.44 bits per heavy atom. The Bertz CT molecular complexity index is 1230. The summed E-state index contributed by atoms with van der Waals surface area (Å²) in [6, 6.07) is 21.7. The first-order chi connectivity index (χ1) is 16.2. The van der Waals surface area contributed by atoms with Crippen molar-refractivity contribution in [3.05, 3.63) is 94.0 Å². The first-order valence-corrected chi connectivity index (χ1v) is 13.2. The molecule has 0 radical (unpaired) electrons. The van der Waals surface area contributed by atoms with Crippen LogP contribution in [-0.2, 0) is 21.2 Å². The van der Waals surface area contributed by atoms with Gasteiger partial charge < -0.3 is 10.1 Å². The Hall–Kier alpha value is -2.68. The zero-order valence-corrected chi connectivity index (χ0v) is 21.9. The fraction of sp³-hybridized carbons (Fsp3) is 0.269. The zero-order chi connectivity index (χ0) is 24.7. The lowest BCUT2D eigenvalue weighted by Crippen LogP contribution is -2.42. The molecule has 1 atom stereocenters. The highest BCUT2D eigenvalue weighted by Crippen LogP contribution is 2.24. The second-order valence-corrected chi connectivity index (χ2v) is 10.9. The summed E-state index contributed by atoms with van der Waals surface area (Å²) in [5.74, 6) is 0.240. The summed E-state index contributed by atoms with van der Waals surface area (Å²) in [5.41, 5.74) is 2.63. The van der Waals surface area contributed by atoms with Crippen LogP contribution in [0.25, 0.3) is 0 Å². The fourth-order valence-corrected chi connectivity index (χ4v) is 5.55. The molecule has 0 aliphatic carbocycles. The quantitative estimate of drug-likeness (QED) is 0.394. The molecule has 0 aromatic heterocycles. The zero-order valence-electron chi connectivity index (χ0n) is 19.5. The maximum atomic E-state index is 13.5. The lowest BCUT2D eigenvalue weighted by molar-refractivity contribution is -0.121. The molecule has 0 aliphatic heterocycles. The molecule has 34 heavy (non-hydrogen) atoms. The van der Waals surface area contributed by atoms with E-state index < -0.39 is 10.0 Å². The van der Waals surface area contributed by atoms with Crippen molar-refractivity contribution in [2.75, 3.05) is 20.2 Å². The fourth-order valence-electron chi connectivity index (χ4n) is 3.65. The van der Waals surface area contributed by atoms with Crippen LogP contribution in [0.2, 0.25) is 0 Å². The standard InChI is InChI=1S/C26H29BrN2O4S/c1-19-16-24(12-13-25(19)33-3)34(31,32)29(15-14-21-8-5-4-6-9-21)18-26(30)28-20(2)22-10-7-11-23(27)17-22/h4-13,16-17,20H,14-15,18H2,1-3H3,(H,28,30)/t20-/m0/s1. The minimum atomic E-state index is -3.91. The molecular formula is C26H29BrN2O4S. The number of hydrogen-bond acceptors (Lipinski definition) is 4. The van der Waals surface area contributed by atoms with Crippen LogP contribution in [0.1, 0.15) is 29.7 Å². The van der Waals surface area contributed by atoms with Crippen LogP contribution in [0.5, 0.6) is 5.75 Å². The summed E-state index contributed by atoms with van der Waals surface area (Å²) in [6.07, 6.45) is 0.490. The number of halogens is 1. The third-order valence-electron chi connectivity index (χ3n) is 5.54. The summed E-state index contributed by atoms with van der Waals surface area (Å²) in [4.78, 5) is 13.1. The Morgan fingerprint density at radius 1 is 1.06 bits per heavy atom. The van der Waals surface area contributed by atoms with Crippen molar-refractivity contribution in [3.63, 3.8) is 0 Å². The Labute approximate surface area is 210 Å². The number of carbonyl (C=O) groups is 1. The van der Waals surface area contributed by atoms with Gasteiger partial charge in [-0.05, 0) is 67.3 Å². The molecule has 0 spiro atoms.